The minimum atomic E-state index is -0.901. The SMILES string of the molecule is COC(=O)N[C@H]1CCc2ccn3c2C1C(=O)C[C@H](c1ncc(-c2ccc(-c4ccc(-c5n[nH]c([C@@H]6CCCN6C(=O)[C@H](NC(=O)OC)c6ccccc6)n5)cc4)cc2)[nH]1)C3. The monoisotopic (exact) mass is 807 g/mol. The van der Waals surface area contributed by atoms with E-state index in [1.165, 1.54) is 14.2 Å². The number of ether oxygens (including phenoxy) is 2. The number of aryl methyl sites for hydroxylation is 1. The van der Waals surface area contributed by atoms with Crippen molar-refractivity contribution in [1.82, 2.24) is 45.2 Å². The fourth-order valence-corrected chi connectivity index (χ4v) is 9.03. The normalized spacial score (nSPS) is 20.2. The summed E-state index contributed by atoms with van der Waals surface area (Å²) < 4.78 is 11.8. The standard InChI is InChI=1S/C45H45N9O6/c1-59-44(57)48-33-19-18-30-20-22-53-25-32(23-36(55)37(33)39(30)53)40-46-24-34(47-40)28-14-10-26(11-15-28)27-12-16-31(17-13-27)41-50-42(52-51-41)35-9-6-21-54(35)43(56)38(49-45(58)60-2)29-7-4-3-5-8-29/h3-5,7-8,10-17,20,22,24,32-33,35,37-38H,6,9,18-19,21,23,25H2,1-2H3,(H,46,47)(H,48,57)(H,49,58)(H,50,51,52)/t32-,33-,35-,37?,38+/m0/s1. The van der Waals surface area contributed by atoms with Crippen LogP contribution in [0.15, 0.2) is 97.3 Å². The summed E-state index contributed by atoms with van der Waals surface area (Å²) in [5, 5.41) is 13.2. The Morgan fingerprint density at radius 2 is 1.57 bits per heavy atom. The molecule has 1 unspecified atom stereocenters. The third kappa shape index (κ3) is 7.42. The number of Topliss-reactive ketones (excluding diaryl/α,β-unsaturated/α-hetero) is 1. The highest BCUT2D eigenvalue weighted by molar-refractivity contribution is 5.89. The number of benzene rings is 3. The first-order valence-corrected chi connectivity index (χ1v) is 20.2. The number of ketones is 1. The van der Waals surface area contributed by atoms with E-state index in [1.807, 2.05) is 54.9 Å². The van der Waals surface area contributed by atoms with Crippen molar-refractivity contribution in [2.45, 2.75) is 68.6 Å². The molecule has 9 rings (SSSR count). The molecule has 5 atom stereocenters. The molecule has 15 nitrogen and oxygen atoms in total. The van der Waals surface area contributed by atoms with E-state index in [4.69, 9.17) is 19.4 Å². The summed E-state index contributed by atoms with van der Waals surface area (Å²) >= 11 is 0. The number of hydrogen-bond acceptors (Lipinski definition) is 9. The quantitative estimate of drug-likeness (QED) is 0.125. The van der Waals surface area contributed by atoms with Crippen molar-refractivity contribution in [3.05, 3.63) is 126 Å². The van der Waals surface area contributed by atoms with E-state index >= 15 is 0 Å². The summed E-state index contributed by atoms with van der Waals surface area (Å²) in [4.78, 5) is 66.8. The molecule has 3 amide bonds. The number of aromatic nitrogens is 6. The molecule has 306 valence electrons. The van der Waals surface area contributed by atoms with Crippen LogP contribution in [0.5, 0.6) is 0 Å². The molecule has 2 aliphatic heterocycles. The Hall–Kier alpha value is -7.03. The number of carbonyl (C=O) groups excluding carboxylic acids is 4. The number of imidazole rings is 1. The molecule has 0 bridgehead atoms. The minimum Gasteiger partial charge on any atom is -0.453 e. The van der Waals surface area contributed by atoms with E-state index in [2.05, 4.69) is 60.7 Å². The number of methoxy groups -OCH3 is 2. The predicted molar refractivity (Wildman–Crippen MR) is 220 cm³/mol. The topological polar surface area (TPSA) is 189 Å². The molecule has 5 heterocycles. The Kier molecular flexibility index (Phi) is 10.5. The second-order valence-corrected chi connectivity index (χ2v) is 15.6. The summed E-state index contributed by atoms with van der Waals surface area (Å²) in [6.45, 7) is 1.14. The van der Waals surface area contributed by atoms with Gasteiger partial charge in [-0.2, -0.15) is 5.10 Å². The van der Waals surface area contributed by atoms with Gasteiger partial charge < -0.3 is 34.6 Å². The fourth-order valence-electron chi connectivity index (χ4n) is 9.03. The van der Waals surface area contributed by atoms with Crippen LogP contribution in [0.1, 0.15) is 78.1 Å². The van der Waals surface area contributed by atoms with Gasteiger partial charge in [-0.25, -0.2) is 19.6 Å². The number of carbonyl (C=O) groups is 4. The molecule has 3 aliphatic rings. The van der Waals surface area contributed by atoms with Crippen molar-refractivity contribution in [2.24, 2.45) is 0 Å². The number of amides is 3. The zero-order chi connectivity index (χ0) is 41.3. The molecule has 0 radical (unpaired) electrons. The van der Waals surface area contributed by atoms with Crippen LogP contribution in [-0.2, 0) is 32.0 Å². The van der Waals surface area contributed by atoms with Crippen molar-refractivity contribution >= 4 is 23.9 Å². The molecule has 60 heavy (non-hydrogen) atoms. The van der Waals surface area contributed by atoms with Crippen molar-refractivity contribution in [3.63, 3.8) is 0 Å². The highest BCUT2D eigenvalue weighted by Crippen LogP contribution is 2.40. The lowest BCUT2D eigenvalue weighted by atomic mass is 9.79. The lowest BCUT2D eigenvalue weighted by Gasteiger charge is -2.31. The summed E-state index contributed by atoms with van der Waals surface area (Å²) in [7, 11) is 2.61. The van der Waals surface area contributed by atoms with Crippen molar-refractivity contribution in [2.75, 3.05) is 20.8 Å². The van der Waals surface area contributed by atoms with E-state index in [0.29, 0.717) is 49.6 Å². The van der Waals surface area contributed by atoms with Gasteiger partial charge in [0.2, 0.25) is 0 Å². The second kappa shape index (κ2) is 16.3. The first-order chi connectivity index (χ1) is 29.3. The third-order valence-electron chi connectivity index (χ3n) is 12.1. The Bertz CT molecular complexity index is 2530. The number of likely N-dealkylation sites (tertiary alicyclic amines) is 1. The van der Waals surface area contributed by atoms with Crippen LogP contribution in [0.4, 0.5) is 9.59 Å². The maximum atomic E-state index is 13.9. The molecular weight excluding hydrogens is 763 g/mol. The van der Waals surface area contributed by atoms with Gasteiger partial charge in [0.15, 0.2) is 5.82 Å². The fraction of sp³-hybridized carbons (Fsp3) is 0.311. The Balaban J connectivity index is 0.864. The average molecular weight is 808 g/mol. The van der Waals surface area contributed by atoms with Gasteiger partial charge in [-0.15, -0.1) is 0 Å². The number of alkyl carbamates (subject to hydrolysis) is 2. The lowest BCUT2D eigenvalue weighted by molar-refractivity contribution is -0.134. The number of aromatic amines is 2. The lowest BCUT2D eigenvalue weighted by Crippen LogP contribution is -2.44. The zero-order valence-electron chi connectivity index (χ0n) is 33.3. The molecular formula is C45H45N9O6. The zero-order valence-corrected chi connectivity index (χ0v) is 33.3. The largest absolute Gasteiger partial charge is 0.453 e. The summed E-state index contributed by atoms with van der Waals surface area (Å²) in [6, 6.07) is 25.9. The van der Waals surface area contributed by atoms with Crippen LogP contribution < -0.4 is 10.6 Å². The summed E-state index contributed by atoms with van der Waals surface area (Å²) in [5.74, 6) is 1.15. The molecule has 3 aromatic heterocycles. The van der Waals surface area contributed by atoms with Gasteiger partial charge in [-0.3, -0.25) is 14.7 Å². The van der Waals surface area contributed by atoms with Crippen LogP contribution in [0.2, 0.25) is 0 Å². The summed E-state index contributed by atoms with van der Waals surface area (Å²) in [5.41, 5.74) is 7.53. The number of rotatable bonds is 9. The van der Waals surface area contributed by atoms with E-state index in [0.717, 1.165) is 57.9 Å². The summed E-state index contributed by atoms with van der Waals surface area (Å²) in [6.07, 6.45) is 5.95. The van der Waals surface area contributed by atoms with Crippen LogP contribution in [0, 0.1) is 0 Å². The van der Waals surface area contributed by atoms with Gasteiger partial charge in [-0.1, -0.05) is 78.9 Å². The number of H-pyrrole nitrogens is 2. The predicted octanol–water partition coefficient (Wildman–Crippen LogP) is 6.60. The van der Waals surface area contributed by atoms with E-state index in [1.54, 1.807) is 17.0 Å². The third-order valence-corrected chi connectivity index (χ3v) is 12.1. The highest BCUT2D eigenvalue weighted by atomic mass is 16.5. The van der Waals surface area contributed by atoms with E-state index < -0.39 is 24.1 Å². The van der Waals surface area contributed by atoms with Crippen LogP contribution in [0.25, 0.3) is 33.8 Å². The smallest absolute Gasteiger partial charge is 0.407 e. The van der Waals surface area contributed by atoms with Crippen LogP contribution in [0.3, 0.4) is 0 Å². The van der Waals surface area contributed by atoms with Gasteiger partial charge in [-0.05, 0) is 59.6 Å². The van der Waals surface area contributed by atoms with Crippen LogP contribution >= 0.6 is 0 Å². The van der Waals surface area contributed by atoms with Gasteiger partial charge >= 0.3 is 12.2 Å². The average Bonchev–Trinajstić information content (AvgIpc) is 4.12. The van der Waals surface area contributed by atoms with Crippen molar-refractivity contribution in [3.8, 4) is 33.8 Å². The van der Waals surface area contributed by atoms with Gasteiger partial charge in [0, 0.05) is 48.9 Å². The molecule has 1 saturated heterocycles. The Morgan fingerprint density at radius 1 is 0.850 bits per heavy atom. The van der Waals surface area contributed by atoms with E-state index in [9.17, 15) is 19.2 Å². The molecule has 1 fully saturated rings. The maximum absolute atomic E-state index is 13.9. The molecule has 4 N–H and O–H groups in total. The first kappa shape index (κ1) is 38.5. The molecule has 0 saturated carbocycles. The first-order valence-electron chi connectivity index (χ1n) is 20.2. The number of nitrogens with zero attached hydrogens (tertiary/aromatic N) is 5. The molecule has 0 spiro atoms. The van der Waals surface area contributed by atoms with E-state index in [-0.39, 0.29) is 29.7 Å². The molecule has 15 heteroatoms. The Labute approximate surface area is 345 Å². The number of hydrogen-bond donors (Lipinski definition) is 4. The van der Waals surface area contributed by atoms with Gasteiger partial charge in [0.1, 0.15) is 23.5 Å². The maximum Gasteiger partial charge on any atom is 0.407 e. The molecule has 3 aromatic carbocycles. The van der Waals surface area contributed by atoms with Crippen LogP contribution in [-0.4, -0.2) is 85.3 Å². The Morgan fingerprint density at radius 3 is 2.30 bits per heavy atom. The van der Waals surface area contributed by atoms with Crippen molar-refractivity contribution in [1.29, 1.82) is 0 Å². The van der Waals surface area contributed by atoms with Gasteiger partial charge in [0.05, 0.1) is 38.1 Å². The molecule has 1 aliphatic carbocycles. The van der Waals surface area contributed by atoms with Crippen molar-refractivity contribution < 1.29 is 28.7 Å². The second-order valence-electron chi connectivity index (χ2n) is 15.6. The minimum absolute atomic E-state index is 0.0904. The van der Waals surface area contributed by atoms with Gasteiger partial charge in [0.25, 0.3) is 5.91 Å². The highest BCUT2D eigenvalue weighted by Gasteiger charge is 2.42. The molecule has 6 aromatic rings. The number of nitrogens with one attached hydrogen (secondary N) is 4.